The second-order valence-corrected chi connectivity index (χ2v) is 8.21. The number of likely N-dealkylation sites (N-methyl/N-ethyl adjacent to an activating group) is 1. The van der Waals surface area contributed by atoms with Crippen molar-refractivity contribution in [3.8, 4) is 0 Å². The summed E-state index contributed by atoms with van der Waals surface area (Å²) in [5.41, 5.74) is 0.988. The van der Waals surface area contributed by atoms with Crippen LogP contribution < -0.4 is 5.32 Å². The molecule has 3 aromatic rings. The molecule has 0 fully saturated rings. The van der Waals surface area contributed by atoms with Crippen molar-refractivity contribution >= 4 is 38.9 Å². The standard InChI is InChI=1S/C18H22N4OS2/c1-21(2)14(16-9-6-10-24-16)11-19-18(23)22(3)12-17-20-13-7-4-5-8-15(13)25-17/h4-10,14H,11-12H2,1-3H3,(H,19,23). The maximum absolute atomic E-state index is 12.4. The first kappa shape index (κ1) is 17.8. The van der Waals surface area contributed by atoms with Gasteiger partial charge in [0.1, 0.15) is 5.01 Å². The number of aromatic nitrogens is 1. The zero-order chi connectivity index (χ0) is 17.8. The van der Waals surface area contributed by atoms with Crippen molar-refractivity contribution in [2.24, 2.45) is 0 Å². The Labute approximate surface area is 155 Å². The van der Waals surface area contributed by atoms with Gasteiger partial charge >= 0.3 is 6.03 Å². The van der Waals surface area contributed by atoms with Gasteiger partial charge in [0.05, 0.1) is 22.8 Å². The predicted octanol–water partition coefficient (Wildman–Crippen LogP) is 3.80. The molecule has 3 rings (SSSR count). The van der Waals surface area contributed by atoms with Crippen LogP contribution in [-0.4, -0.2) is 48.5 Å². The van der Waals surface area contributed by atoms with E-state index in [-0.39, 0.29) is 12.1 Å². The topological polar surface area (TPSA) is 48.5 Å². The first-order valence-corrected chi connectivity index (χ1v) is 9.77. The Balaban J connectivity index is 1.58. The lowest BCUT2D eigenvalue weighted by Crippen LogP contribution is -2.41. The number of nitrogens with one attached hydrogen (secondary N) is 1. The number of hydrogen-bond donors (Lipinski definition) is 1. The van der Waals surface area contributed by atoms with Crippen LogP contribution in [0.2, 0.25) is 0 Å². The molecule has 0 aliphatic carbocycles. The van der Waals surface area contributed by atoms with E-state index < -0.39 is 0 Å². The molecule has 0 saturated heterocycles. The van der Waals surface area contributed by atoms with Gasteiger partial charge in [0, 0.05) is 18.5 Å². The minimum absolute atomic E-state index is 0.0809. The molecule has 0 aliphatic heterocycles. The van der Waals surface area contributed by atoms with Crippen molar-refractivity contribution in [2.45, 2.75) is 12.6 Å². The number of benzene rings is 1. The minimum atomic E-state index is -0.0809. The molecule has 0 aliphatic rings. The number of urea groups is 1. The number of para-hydroxylation sites is 1. The zero-order valence-electron chi connectivity index (χ0n) is 14.6. The number of fused-ring (bicyclic) bond motifs is 1. The molecule has 5 nitrogen and oxygen atoms in total. The third-order valence-corrected chi connectivity index (χ3v) is 5.99. The number of hydrogen-bond acceptors (Lipinski definition) is 5. The fraction of sp³-hybridized carbons (Fsp3) is 0.333. The summed E-state index contributed by atoms with van der Waals surface area (Å²) < 4.78 is 1.15. The summed E-state index contributed by atoms with van der Waals surface area (Å²) in [6.45, 7) is 1.09. The van der Waals surface area contributed by atoms with Crippen molar-refractivity contribution in [1.29, 1.82) is 0 Å². The average Bonchev–Trinajstić information content (AvgIpc) is 3.23. The maximum atomic E-state index is 12.4. The summed E-state index contributed by atoms with van der Waals surface area (Å²) in [5.74, 6) is 0. The van der Waals surface area contributed by atoms with Gasteiger partial charge in [0.2, 0.25) is 0 Å². The quantitative estimate of drug-likeness (QED) is 0.714. The first-order chi connectivity index (χ1) is 12.0. The van der Waals surface area contributed by atoms with Gasteiger partial charge in [-0.05, 0) is 37.7 Å². The van der Waals surface area contributed by atoms with Crippen molar-refractivity contribution in [2.75, 3.05) is 27.7 Å². The summed E-state index contributed by atoms with van der Waals surface area (Å²) in [6.07, 6.45) is 0. The summed E-state index contributed by atoms with van der Waals surface area (Å²) in [7, 11) is 5.86. The molecular formula is C18H22N4OS2. The lowest BCUT2D eigenvalue weighted by Gasteiger charge is -2.25. The fourth-order valence-corrected chi connectivity index (χ4v) is 4.54. The maximum Gasteiger partial charge on any atom is 0.317 e. The number of rotatable bonds is 6. The molecule has 132 valence electrons. The van der Waals surface area contributed by atoms with E-state index in [0.717, 1.165) is 15.2 Å². The van der Waals surface area contributed by atoms with Crippen LogP contribution in [-0.2, 0) is 6.54 Å². The Bertz CT molecular complexity index is 796. The van der Waals surface area contributed by atoms with Crippen LogP contribution in [0.25, 0.3) is 10.2 Å². The lowest BCUT2D eigenvalue weighted by atomic mass is 10.2. The van der Waals surface area contributed by atoms with Crippen LogP contribution in [0, 0.1) is 0 Å². The molecule has 7 heteroatoms. The summed E-state index contributed by atoms with van der Waals surface area (Å²) in [6, 6.07) is 12.3. The highest BCUT2D eigenvalue weighted by atomic mass is 32.1. The highest BCUT2D eigenvalue weighted by Gasteiger charge is 2.18. The average molecular weight is 375 g/mol. The molecule has 0 spiro atoms. The predicted molar refractivity (Wildman–Crippen MR) is 105 cm³/mol. The molecule has 2 amide bonds. The number of carbonyl (C=O) groups excluding carboxylic acids is 1. The summed E-state index contributed by atoms with van der Waals surface area (Å²) in [5, 5.41) is 6.04. The first-order valence-electron chi connectivity index (χ1n) is 8.08. The van der Waals surface area contributed by atoms with E-state index in [1.54, 1.807) is 34.6 Å². The van der Waals surface area contributed by atoms with E-state index in [1.807, 2.05) is 38.4 Å². The molecule has 1 unspecified atom stereocenters. The van der Waals surface area contributed by atoms with Crippen LogP contribution in [0.3, 0.4) is 0 Å². The SMILES string of the molecule is CN(Cc1nc2ccccc2s1)C(=O)NCC(c1cccs1)N(C)C. The molecular weight excluding hydrogens is 352 g/mol. The molecule has 1 N–H and O–H groups in total. The molecule has 0 bridgehead atoms. The normalized spacial score (nSPS) is 12.5. The molecule has 1 aromatic carbocycles. The van der Waals surface area contributed by atoms with E-state index in [4.69, 9.17) is 0 Å². The van der Waals surface area contributed by atoms with Gasteiger partial charge in [-0.1, -0.05) is 18.2 Å². The second kappa shape index (κ2) is 7.95. The second-order valence-electron chi connectivity index (χ2n) is 6.11. The van der Waals surface area contributed by atoms with E-state index in [1.165, 1.54) is 4.88 Å². The Morgan fingerprint density at radius 3 is 2.68 bits per heavy atom. The van der Waals surface area contributed by atoms with Gasteiger partial charge in [-0.2, -0.15) is 0 Å². The van der Waals surface area contributed by atoms with Gasteiger partial charge in [0.15, 0.2) is 0 Å². The van der Waals surface area contributed by atoms with Crippen LogP contribution in [0.15, 0.2) is 41.8 Å². The van der Waals surface area contributed by atoms with E-state index in [0.29, 0.717) is 13.1 Å². The van der Waals surface area contributed by atoms with Crippen molar-refractivity contribution in [1.82, 2.24) is 20.1 Å². The van der Waals surface area contributed by atoms with Gasteiger partial charge in [-0.3, -0.25) is 0 Å². The van der Waals surface area contributed by atoms with Crippen LogP contribution in [0.1, 0.15) is 15.9 Å². The van der Waals surface area contributed by atoms with Gasteiger partial charge in [-0.25, -0.2) is 9.78 Å². The number of amides is 2. The van der Waals surface area contributed by atoms with Crippen LogP contribution in [0.5, 0.6) is 0 Å². The van der Waals surface area contributed by atoms with Gasteiger partial charge in [-0.15, -0.1) is 22.7 Å². The van der Waals surface area contributed by atoms with Gasteiger partial charge < -0.3 is 15.1 Å². The Hall–Kier alpha value is -1.96. The van der Waals surface area contributed by atoms with Crippen LogP contribution >= 0.6 is 22.7 Å². The zero-order valence-corrected chi connectivity index (χ0v) is 16.2. The number of nitrogens with zero attached hydrogens (tertiary/aromatic N) is 3. The Morgan fingerprint density at radius 2 is 2.00 bits per heavy atom. The largest absolute Gasteiger partial charge is 0.336 e. The van der Waals surface area contributed by atoms with Crippen molar-refractivity contribution in [3.63, 3.8) is 0 Å². The highest BCUT2D eigenvalue weighted by Crippen LogP contribution is 2.23. The third-order valence-electron chi connectivity index (χ3n) is 4.00. The van der Waals surface area contributed by atoms with Crippen molar-refractivity contribution < 1.29 is 4.79 Å². The molecule has 2 aromatic heterocycles. The molecule has 1 atom stereocenters. The lowest BCUT2D eigenvalue weighted by molar-refractivity contribution is 0.201. The molecule has 0 saturated carbocycles. The number of thiazole rings is 1. The van der Waals surface area contributed by atoms with E-state index in [2.05, 4.69) is 32.7 Å². The number of carbonyl (C=O) groups is 1. The van der Waals surface area contributed by atoms with E-state index >= 15 is 0 Å². The van der Waals surface area contributed by atoms with Crippen molar-refractivity contribution in [3.05, 3.63) is 51.7 Å². The highest BCUT2D eigenvalue weighted by molar-refractivity contribution is 7.18. The number of thiophene rings is 1. The third kappa shape index (κ3) is 4.36. The van der Waals surface area contributed by atoms with Gasteiger partial charge in [0.25, 0.3) is 0 Å². The molecule has 25 heavy (non-hydrogen) atoms. The summed E-state index contributed by atoms with van der Waals surface area (Å²) >= 11 is 3.34. The Morgan fingerprint density at radius 1 is 1.20 bits per heavy atom. The summed E-state index contributed by atoms with van der Waals surface area (Å²) in [4.78, 5) is 22.1. The molecule has 2 heterocycles. The monoisotopic (exact) mass is 374 g/mol. The molecule has 0 radical (unpaired) electrons. The van der Waals surface area contributed by atoms with Crippen LogP contribution in [0.4, 0.5) is 4.79 Å². The minimum Gasteiger partial charge on any atom is -0.336 e. The van der Waals surface area contributed by atoms with E-state index in [9.17, 15) is 4.79 Å². The Kier molecular flexibility index (Phi) is 5.67. The fourth-order valence-electron chi connectivity index (χ4n) is 2.60. The smallest absolute Gasteiger partial charge is 0.317 e.